The van der Waals surface area contributed by atoms with Crippen LogP contribution in [0.3, 0.4) is 0 Å². The number of halogens is 1. The van der Waals surface area contributed by atoms with E-state index in [0.29, 0.717) is 118 Å². The van der Waals surface area contributed by atoms with Crippen molar-refractivity contribution in [1.82, 2.24) is 0 Å². The first-order chi connectivity index (χ1) is 71.7. The zero-order valence-electron chi connectivity index (χ0n) is 93.9. The van der Waals surface area contributed by atoms with Crippen molar-refractivity contribution in [1.29, 1.82) is 0 Å². The summed E-state index contributed by atoms with van der Waals surface area (Å²) in [4.78, 5) is 48.0. The van der Waals surface area contributed by atoms with Gasteiger partial charge >= 0.3 is 23.9 Å². The van der Waals surface area contributed by atoms with Gasteiger partial charge in [0, 0.05) is 61.1 Å². The highest BCUT2D eigenvalue weighted by molar-refractivity contribution is 8.03. The van der Waals surface area contributed by atoms with Crippen LogP contribution in [0.4, 0.5) is 0 Å². The van der Waals surface area contributed by atoms with Crippen molar-refractivity contribution in [2.75, 3.05) is 89.9 Å². The molecule has 1 aliphatic carbocycles. The Hall–Kier alpha value is -10.3. The Morgan fingerprint density at radius 3 is 1.05 bits per heavy atom. The van der Waals surface area contributed by atoms with Gasteiger partial charge in [0.2, 0.25) is 0 Å². The first-order valence-corrected chi connectivity index (χ1v) is 56.7. The van der Waals surface area contributed by atoms with Crippen LogP contribution in [0, 0.1) is 5.92 Å². The molecule has 1 aliphatic heterocycles. The minimum Gasteiger partial charge on any atom is -0.491 e. The molecule has 22 heteroatoms. The second-order valence-corrected chi connectivity index (χ2v) is 43.8. The molecule has 1 fully saturated rings. The van der Waals surface area contributed by atoms with Gasteiger partial charge in [0.15, 0.2) is 0 Å². The summed E-state index contributed by atoms with van der Waals surface area (Å²) >= 11 is 11.3. The second-order valence-electron chi connectivity index (χ2n) is 40.1. The summed E-state index contributed by atoms with van der Waals surface area (Å²) in [5.74, 6) is 9.74. The van der Waals surface area contributed by atoms with Crippen molar-refractivity contribution >= 4 is 70.8 Å². The van der Waals surface area contributed by atoms with Gasteiger partial charge in [-0.2, -0.15) is 0 Å². The third-order valence-corrected chi connectivity index (χ3v) is 26.9. The molecule has 9 aromatic carbocycles. The Morgan fingerprint density at radius 1 is 0.387 bits per heavy atom. The van der Waals surface area contributed by atoms with Crippen LogP contribution in [-0.4, -0.2) is 163 Å². The van der Waals surface area contributed by atoms with Gasteiger partial charge < -0.3 is 66.3 Å². The molecule has 5 unspecified atom stereocenters. The van der Waals surface area contributed by atoms with Gasteiger partial charge in [0.25, 0.3) is 0 Å². The van der Waals surface area contributed by atoms with Gasteiger partial charge in [0.05, 0.1) is 57.5 Å². The van der Waals surface area contributed by atoms with Crippen molar-refractivity contribution in [3.05, 3.63) is 340 Å². The second kappa shape index (κ2) is 75.4. The van der Waals surface area contributed by atoms with Crippen molar-refractivity contribution < 1.29 is 85.5 Å². The number of hydrogen-bond donors (Lipinski definition) is 0. The molecule has 18 nitrogen and oxygen atoms in total. The number of esters is 4. The highest BCUT2D eigenvalue weighted by atomic mass is 35.5. The summed E-state index contributed by atoms with van der Waals surface area (Å²) in [6.07, 6.45) is 15.3. The lowest BCUT2D eigenvalue weighted by Gasteiger charge is -2.21. The molecule has 0 N–H and O–H groups in total. The van der Waals surface area contributed by atoms with Gasteiger partial charge in [-0.1, -0.05) is 288 Å². The van der Waals surface area contributed by atoms with E-state index in [0.717, 1.165) is 95.8 Å². The van der Waals surface area contributed by atoms with E-state index in [9.17, 15) is 19.2 Å². The van der Waals surface area contributed by atoms with E-state index < -0.39 is 5.97 Å². The Bertz CT molecular complexity index is 5230. The summed E-state index contributed by atoms with van der Waals surface area (Å²) in [6, 6.07) is 76.8. The highest BCUT2D eigenvalue weighted by Gasteiger charge is 2.27. The molecular weight excluding hydrogens is 1960 g/mol. The van der Waals surface area contributed by atoms with Crippen LogP contribution < -0.4 is 23.7 Å². The largest absolute Gasteiger partial charge is 0.491 e. The van der Waals surface area contributed by atoms with Crippen molar-refractivity contribution in [2.45, 2.75) is 304 Å². The summed E-state index contributed by atoms with van der Waals surface area (Å²) in [5, 5.41) is 0.757. The minimum atomic E-state index is -0.491. The number of ether oxygens (including phenoxy) is 14. The zero-order valence-corrected chi connectivity index (χ0v) is 97.1. The third-order valence-electron chi connectivity index (χ3n) is 23.1. The molecule has 5 atom stereocenters. The monoisotopic (exact) mass is 2130 g/mol. The average Bonchev–Trinajstić information content (AvgIpc) is 1.36. The molecule has 9 aromatic rings. The van der Waals surface area contributed by atoms with Crippen molar-refractivity contribution in [3.63, 3.8) is 0 Å². The molecule has 1 saturated heterocycles. The molecule has 0 aromatic heterocycles. The number of hydrogen-bond acceptors (Lipinski definition) is 21. The number of carbonyl (C=O) groups is 4. The van der Waals surface area contributed by atoms with E-state index in [4.69, 9.17) is 77.9 Å². The quantitative estimate of drug-likeness (QED) is 0.00869. The molecule has 1 heterocycles. The molecular formula is C128H175ClO18S3. The Labute approximate surface area is 918 Å². The van der Waals surface area contributed by atoms with Crippen LogP contribution in [0.25, 0.3) is 0 Å². The first-order valence-electron chi connectivity index (χ1n) is 53.4. The van der Waals surface area contributed by atoms with Gasteiger partial charge in [0.1, 0.15) is 92.8 Å². The van der Waals surface area contributed by atoms with E-state index in [1.165, 1.54) is 70.8 Å². The minimum absolute atomic E-state index is 0.0328. The molecule has 820 valence electrons. The summed E-state index contributed by atoms with van der Waals surface area (Å²) < 4.78 is 78.0. The number of thioether (sulfide) groups is 3. The predicted octanol–water partition coefficient (Wildman–Crippen LogP) is 32.0. The van der Waals surface area contributed by atoms with E-state index in [-0.39, 0.29) is 80.3 Å². The fourth-order valence-corrected chi connectivity index (χ4v) is 16.9. The maximum absolute atomic E-state index is 11.4. The third kappa shape index (κ3) is 59.6. The number of carbonyl (C=O) groups excluding carboxylic acids is 4. The van der Waals surface area contributed by atoms with Gasteiger partial charge in [-0.25, -0.2) is 14.4 Å². The molecule has 150 heavy (non-hydrogen) atoms. The number of benzene rings is 9. The van der Waals surface area contributed by atoms with Crippen molar-refractivity contribution in [3.8, 4) is 28.7 Å². The smallest absolute Gasteiger partial charge is 0.333 e. The summed E-state index contributed by atoms with van der Waals surface area (Å²) in [7, 11) is 0. The fraction of sp³-hybridized carbons (Fsp3) is 0.469. The standard InChI is InChI=1S/C21H27ClO2S.C21H28O2S.C20H28O2S.C18H24O5.C17H26O3.C16H22O2.C15H20O2/c1-15(2)17-5-9-19(10-6-17)23-13-20(24-16(3)4)14-25-21-11-7-18(22)8-12-21;1-16(2)18-10-12-19(13-11-18)22-14-20(23-17(3)4)15-24-21-8-6-5-7-9-21;1-15(2)17-9-11-18(12-10-17)21-13-19(22-16(3)4)14-23-20-7-5-6-8-20;1-4-17(19)22-11-5-6-18(20)23-13-12-21-16-9-7-15(8-10-16)14(2)3;1-12(2)14-5-7-15(8-6-14)19-11-17(13(3)4)20-10-16-9-18-16;1-12(2)15-9-7-14(8-10-15)6-5-11-18-16(17)13(3)4;1-4-15(16)17-11-5-6-13-7-9-14(10-8-13)12(2)3/h5-12,15-16,20H,13-14H2,1-4H3;5-13,16-17,20H,14-15H2,1-4H3;5,7-12,15-16,19H,6,13-14H2,1-4H3;4,7-10,14H,1,5-6,11-13H2,2-3H3;5-8,12-13,16-17H,9-11H2,1-4H3;7-10,12H,3,5-6,11H2,1-2,4H3;4,7-10,12H,1,5-6,11H2,2-3H3. The maximum atomic E-state index is 11.4. The van der Waals surface area contributed by atoms with Crippen molar-refractivity contribution in [2.24, 2.45) is 5.92 Å². The molecule has 11 rings (SSSR count). The zero-order chi connectivity index (χ0) is 110. The summed E-state index contributed by atoms with van der Waals surface area (Å²) in [6.45, 7) is 64.5. The number of rotatable bonds is 57. The lowest BCUT2D eigenvalue weighted by Crippen LogP contribution is -2.28. The summed E-state index contributed by atoms with van der Waals surface area (Å²) in [5.41, 5.74) is 12.3. The Kier molecular flexibility index (Phi) is 65.5. The first kappa shape index (κ1) is 130. The van der Waals surface area contributed by atoms with Gasteiger partial charge in [-0.05, 0) is 281 Å². The molecule has 0 bridgehead atoms. The molecule has 0 saturated carbocycles. The van der Waals surface area contributed by atoms with Crippen LogP contribution in [0.2, 0.25) is 5.02 Å². The number of epoxide rings is 1. The van der Waals surface area contributed by atoms with E-state index >= 15 is 0 Å². The van der Waals surface area contributed by atoms with Crippen LogP contribution in [0.5, 0.6) is 28.7 Å². The van der Waals surface area contributed by atoms with Crippen LogP contribution in [0.1, 0.15) is 283 Å². The Balaban J connectivity index is 0.000000309. The molecule has 0 spiro atoms. The number of aryl methyl sites for hydroxylation is 2. The highest BCUT2D eigenvalue weighted by Crippen LogP contribution is 2.31. The molecule has 0 amide bonds. The fourth-order valence-electron chi connectivity index (χ4n) is 14.1. The van der Waals surface area contributed by atoms with Gasteiger partial charge in [-0.3, -0.25) is 4.79 Å². The topological polar surface area (TPSA) is 201 Å². The lowest BCUT2D eigenvalue weighted by atomic mass is 10.0. The molecule has 2 aliphatic rings. The number of allylic oxidation sites excluding steroid dienone is 3. The average molecular weight is 2130 g/mol. The van der Waals surface area contributed by atoms with E-state index in [1.807, 2.05) is 115 Å². The van der Waals surface area contributed by atoms with E-state index in [2.05, 4.69) is 324 Å². The van der Waals surface area contributed by atoms with Crippen LogP contribution in [0.15, 0.2) is 295 Å². The van der Waals surface area contributed by atoms with Crippen LogP contribution in [-0.2, 0) is 74.7 Å². The Morgan fingerprint density at radius 2 is 0.720 bits per heavy atom. The normalized spacial score (nSPS) is 13.0. The van der Waals surface area contributed by atoms with Gasteiger partial charge in [-0.15, -0.1) is 35.3 Å². The van der Waals surface area contributed by atoms with E-state index in [1.54, 1.807) is 18.7 Å². The molecule has 0 radical (unpaired) electrons. The van der Waals surface area contributed by atoms with Crippen LogP contribution >= 0.6 is 46.9 Å². The maximum Gasteiger partial charge on any atom is 0.333 e. The predicted molar refractivity (Wildman–Crippen MR) is 624 cm³/mol. The SMILES string of the molecule is C=C(C)C(=O)OCCCc1ccc(C(C)C)cc1.C=CC(=O)OCCCC(=O)OCCOc1ccc(C(C)C)cc1.C=CC(=O)OCCCc1ccc(C(C)C)cc1.CC(C)OC(COc1ccc(C(C)C)cc1)CSC1=CCC=C1.CC(C)OC(COc1ccc(C(C)C)cc1)CSc1ccc(Cl)cc1.CC(C)OC(COc1ccc(C(C)C)cc1)CSc1ccccc1.CC(C)c1ccc(OCC(OCC2CO2)C(C)C)cc1. The lowest BCUT2D eigenvalue weighted by molar-refractivity contribution is -0.146.